The van der Waals surface area contributed by atoms with Crippen LogP contribution in [0.2, 0.25) is 0 Å². The van der Waals surface area contributed by atoms with Crippen LogP contribution in [0, 0.1) is 18.8 Å². The molecular weight excluding hydrogens is 278 g/mol. The maximum absolute atomic E-state index is 5.17. The molecule has 2 aromatic heterocycles. The second kappa shape index (κ2) is 6.60. The molecule has 1 aliphatic rings. The van der Waals surface area contributed by atoms with Crippen LogP contribution in [0.3, 0.4) is 0 Å². The van der Waals surface area contributed by atoms with Crippen molar-refractivity contribution < 1.29 is 4.52 Å². The van der Waals surface area contributed by atoms with Crippen molar-refractivity contribution >= 4 is 16.9 Å². The molecule has 0 aliphatic carbocycles. The molecule has 22 heavy (non-hydrogen) atoms. The fourth-order valence-electron chi connectivity index (χ4n) is 3.54. The molecule has 3 heterocycles. The van der Waals surface area contributed by atoms with Crippen molar-refractivity contribution in [3.05, 3.63) is 12.0 Å². The number of hydrogen-bond donors (Lipinski definition) is 1. The molecule has 0 spiro atoms. The summed E-state index contributed by atoms with van der Waals surface area (Å²) in [5.41, 5.74) is 1.38. The Hall–Kier alpha value is -1.69. The van der Waals surface area contributed by atoms with Crippen LogP contribution in [0.1, 0.15) is 32.4 Å². The molecule has 2 unspecified atom stereocenters. The smallest absolute Gasteiger partial charge is 0.263 e. The van der Waals surface area contributed by atoms with Crippen LogP contribution in [-0.2, 0) is 0 Å². The van der Waals surface area contributed by atoms with Gasteiger partial charge in [-0.15, -0.1) is 0 Å². The quantitative estimate of drug-likeness (QED) is 0.857. The molecule has 0 aromatic carbocycles. The zero-order valence-corrected chi connectivity index (χ0v) is 13.7. The number of nitrogens with zero attached hydrogens (tertiary/aromatic N) is 4. The molecule has 6 heteroatoms. The Morgan fingerprint density at radius 1 is 1.27 bits per heavy atom. The van der Waals surface area contributed by atoms with E-state index in [0.29, 0.717) is 5.71 Å². The summed E-state index contributed by atoms with van der Waals surface area (Å²) in [4.78, 5) is 11.0. The average molecular weight is 303 g/mol. The summed E-state index contributed by atoms with van der Waals surface area (Å²) in [7, 11) is 0. The molecular formula is C16H25N5O. The van der Waals surface area contributed by atoms with Crippen molar-refractivity contribution in [1.29, 1.82) is 0 Å². The highest BCUT2D eigenvalue weighted by Crippen LogP contribution is 2.23. The number of nitrogens with one attached hydrogen (secondary N) is 1. The highest BCUT2D eigenvalue weighted by molar-refractivity contribution is 5.87. The van der Waals surface area contributed by atoms with Gasteiger partial charge in [0.15, 0.2) is 0 Å². The molecule has 0 saturated carbocycles. The van der Waals surface area contributed by atoms with Crippen molar-refractivity contribution in [2.75, 3.05) is 31.5 Å². The number of fused-ring (bicyclic) bond motifs is 1. The van der Waals surface area contributed by atoms with E-state index in [1.54, 1.807) is 0 Å². The topological polar surface area (TPSA) is 67.1 Å². The Kier molecular flexibility index (Phi) is 4.57. The van der Waals surface area contributed by atoms with E-state index in [1.807, 2.05) is 6.92 Å². The fraction of sp³-hybridized carbons (Fsp3) is 0.688. The minimum absolute atomic E-state index is 0.550. The second-order valence-corrected chi connectivity index (χ2v) is 6.66. The van der Waals surface area contributed by atoms with Gasteiger partial charge in [-0.1, -0.05) is 19.0 Å². The van der Waals surface area contributed by atoms with E-state index in [9.17, 15) is 0 Å². The first-order valence-corrected chi connectivity index (χ1v) is 8.16. The van der Waals surface area contributed by atoms with Crippen LogP contribution in [0.15, 0.2) is 10.9 Å². The van der Waals surface area contributed by atoms with Crippen LogP contribution >= 0.6 is 0 Å². The van der Waals surface area contributed by atoms with Gasteiger partial charge >= 0.3 is 0 Å². The van der Waals surface area contributed by atoms with Crippen molar-refractivity contribution in [2.24, 2.45) is 11.8 Å². The second-order valence-electron chi connectivity index (χ2n) is 6.66. The van der Waals surface area contributed by atoms with E-state index in [-0.39, 0.29) is 0 Å². The molecule has 2 atom stereocenters. The predicted molar refractivity (Wildman–Crippen MR) is 86.8 cm³/mol. The van der Waals surface area contributed by atoms with E-state index >= 15 is 0 Å². The van der Waals surface area contributed by atoms with Gasteiger partial charge in [0.2, 0.25) is 0 Å². The zero-order valence-electron chi connectivity index (χ0n) is 13.7. The number of likely N-dealkylation sites (tertiary alicyclic amines) is 1. The summed E-state index contributed by atoms with van der Waals surface area (Å²) in [5, 5.41) is 8.24. The van der Waals surface area contributed by atoms with Crippen LogP contribution < -0.4 is 5.32 Å². The van der Waals surface area contributed by atoms with Crippen LogP contribution in [-0.4, -0.2) is 46.2 Å². The van der Waals surface area contributed by atoms with E-state index < -0.39 is 0 Å². The summed E-state index contributed by atoms with van der Waals surface area (Å²) < 4.78 is 5.17. The average Bonchev–Trinajstić information content (AvgIpc) is 2.85. The Labute approximate surface area is 131 Å². The fourth-order valence-corrected chi connectivity index (χ4v) is 3.54. The Morgan fingerprint density at radius 3 is 2.82 bits per heavy atom. The molecule has 0 amide bonds. The number of aromatic nitrogens is 3. The van der Waals surface area contributed by atoms with E-state index in [4.69, 9.17) is 4.52 Å². The van der Waals surface area contributed by atoms with Gasteiger partial charge in [0.25, 0.3) is 5.71 Å². The molecule has 0 radical (unpaired) electrons. The van der Waals surface area contributed by atoms with E-state index in [2.05, 4.69) is 39.2 Å². The Balaban J connectivity index is 1.51. The van der Waals surface area contributed by atoms with Crippen molar-refractivity contribution in [3.8, 4) is 0 Å². The van der Waals surface area contributed by atoms with Crippen LogP contribution in [0.4, 0.5) is 5.82 Å². The molecule has 6 nitrogen and oxygen atoms in total. The van der Waals surface area contributed by atoms with Crippen molar-refractivity contribution in [3.63, 3.8) is 0 Å². The van der Waals surface area contributed by atoms with E-state index in [1.165, 1.54) is 25.8 Å². The van der Waals surface area contributed by atoms with Gasteiger partial charge in [0, 0.05) is 19.6 Å². The lowest BCUT2D eigenvalue weighted by molar-refractivity contribution is 0.141. The lowest BCUT2D eigenvalue weighted by Gasteiger charge is -2.34. The molecule has 1 aliphatic heterocycles. The summed E-state index contributed by atoms with van der Waals surface area (Å²) >= 11 is 0. The Bertz CT molecular complexity index is 616. The van der Waals surface area contributed by atoms with Gasteiger partial charge in [-0.3, -0.25) is 0 Å². The number of aryl methyl sites for hydroxylation is 1. The minimum atomic E-state index is 0.550. The maximum atomic E-state index is 5.17. The van der Waals surface area contributed by atoms with Gasteiger partial charge in [0.05, 0.1) is 5.69 Å². The van der Waals surface area contributed by atoms with Gasteiger partial charge in [0.1, 0.15) is 17.5 Å². The van der Waals surface area contributed by atoms with Crippen molar-refractivity contribution in [2.45, 2.75) is 33.6 Å². The number of piperidine rings is 1. The largest absolute Gasteiger partial charge is 0.369 e. The van der Waals surface area contributed by atoms with Gasteiger partial charge in [-0.25, -0.2) is 4.98 Å². The monoisotopic (exact) mass is 303 g/mol. The van der Waals surface area contributed by atoms with Gasteiger partial charge in [-0.05, 0) is 38.1 Å². The zero-order chi connectivity index (χ0) is 15.5. The minimum Gasteiger partial charge on any atom is -0.369 e. The third kappa shape index (κ3) is 3.38. The molecule has 120 valence electrons. The first kappa shape index (κ1) is 15.2. The maximum Gasteiger partial charge on any atom is 0.263 e. The first-order chi connectivity index (χ1) is 10.6. The molecule has 2 aromatic rings. The number of hydrogen-bond acceptors (Lipinski definition) is 6. The molecule has 0 bridgehead atoms. The highest BCUT2D eigenvalue weighted by Gasteiger charge is 2.21. The molecule has 3 rings (SSSR count). The molecule has 1 N–H and O–H groups in total. The van der Waals surface area contributed by atoms with Crippen LogP contribution in [0.25, 0.3) is 11.1 Å². The summed E-state index contributed by atoms with van der Waals surface area (Å²) in [6.45, 7) is 11.1. The highest BCUT2D eigenvalue weighted by atomic mass is 16.5. The van der Waals surface area contributed by atoms with E-state index in [0.717, 1.165) is 48.2 Å². The summed E-state index contributed by atoms with van der Waals surface area (Å²) in [5.74, 6) is 2.46. The normalized spacial score (nSPS) is 23.0. The lowest BCUT2D eigenvalue weighted by atomic mass is 9.92. The number of anilines is 1. The summed E-state index contributed by atoms with van der Waals surface area (Å²) in [6, 6.07) is 0. The van der Waals surface area contributed by atoms with Gasteiger partial charge in [-0.2, -0.15) is 4.98 Å². The van der Waals surface area contributed by atoms with Crippen LogP contribution in [0.5, 0.6) is 0 Å². The molecule has 1 fully saturated rings. The van der Waals surface area contributed by atoms with Crippen molar-refractivity contribution in [1.82, 2.24) is 20.0 Å². The Morgan fingerprint density at radius 2 is 2.05 bits per heavy atom. The number of rotatable bonds is 5. The molecule has 1 saturated heterocycles. The third-order valence-corrected chi connectivity index (χ3v) is 4.33. The third-order valence-electron chi connectivity index (χ3n) is 4.33. The van der Waals surface area contributed by atoms with Gasteiger partial charge < -0.3 is 14.7 Å². The SMILES string of the molecule is Cc1noc2ncnc(NCCCN3CC(C)CC(C)C3)c12. The standard InChI is InChI=1S/C16H25N5O/c1-11-7-12(2)9-21(8-11)6-4-5-17-15-14-13(3)20-22-16(14)19-10-18-15/h10-12H,4-9H2,1-3H3,(H,17,18,19). The predicted octanol–water partition coefficient (Wildman–Crippen LogP) is 2.71. The summed E-state index contributed by atoms with van der Waals surface area (Å²) in [6.07, 6.45) is 3.99. The first-order valence-electron chi connectivity index (χ1n) is 8.16. The lowest BCUT2D eigenvalue weighted by Crippen LogP contribution is -2.39.